The van der Waals surface area contributed by atoms with Crippen molar-refractivity contribution in [3.8, 4) is 0 Å². The molecule has 1 fully saturated rings. The maximum atomic E-state index is 11.5. The number of aliphatic carboxylic acids is 1. The van der Waals surface area contributed by atoms with Crippen LogP contribution >= 0.6 is 27.5 Å². The molecule has 0 aliphatic carbocycles. The van der Waals surface area contributed by atoms with Gasteiger partial charge in [-0.3, -0.25) is 0 Å². The average molecular weight is 447 g/mol. The van der Waals surface area contributed by atoms with E-state index < -0.39 is 36.2 Å². The van der Waals surface area contributed by atoms with Crippen LogP contribution in [0.15, 0.2) is 22.8 Å². The van der Waals surface area contributed by atoms with E-state index in [4.69, 9.17) is 16.3 Å². The van der Waals surface area contributed by atoms with Crippen LogP contribution in [0.25, 0.3) is 10.9 Å². The van der Waals surface area contributed by atoms with Crippen molar-refractivity contribution in [2.75, 3.05) is 0 Å². The van der Waals surface area contributed by atoms with Gasteiger partial charge in [-0.25, -0.2) is 4.79 Å². The molecule has 1 saturated heterocycles. The van der Waals surface area contributed by atoms with Crippen LogP contribution in [0.4, 0.5) is 0 Å². The Bertz CT molecular complexity index is 818. The van der Waals surface area contributed by atoms with Crippen LogP contribution in [-0.4, -0.2) is 90.6 Å². The molecule has 1 aliphatic rings. The van der Waals surface area contributed by atoms with Crippen molar-refractivity contribution in [1.82, 2.24) is 4.98 Å². The molecule has 132 valence electrons. The summed E-state index contributed by atoms with van der Waals surface area (Å²) in [6.07, 6.45) is -6.66. The Labute approximate surface area is 176 Å². The molecule has 8 nitrogen and oxygen atoms in total. The summed E-state index contributed by atoms with van der Waals surface area (Å²) >= 11 is 9.46. The molecule has 2 aromatic rings. The van der Waals surface area contributed by atoms with Gasteiger partial charge < -0.3 is 35.3 Å². The Balaban J connectivity index is 0.00000225. The zero-order valence-electron chi connectivity index (χ0n) is 11.8. The number of aromatic nitrogens is 1. The van der Waals surface area contributed by atoms with E-state index in [9.17, 15) is 30.3 Å². The number of aromatic amines is 1. The van der Waals surface area contributed by atoms with E-state index in [1.54, 1.807) is 12.1 Å². The number of ether oxygens (including phenoxy) is 1. The molecule has 0 spiro atoms. The first-order valence-electron chi connectivity index (χ1n) is 6.80. The summed E-state index contributed by atoms with van der Waals surface area (Å²) in [5, 5.41) is 50.5. The first-order chi connectivity index (χ1) is 11.2. The van der Waals surface area contributed by atoms with Crippen molar-refractivity contribution >= 4 is 74.0 Å². The Morgan fingerprint density at radius 3 is 2.56 bits per heavy atom. The Hall–Kier alpha value is -0.200. The average Bonchev–Trinajstić information content (AvgIpc) is 2.97. The van der Waals surface area contributed by atoms with Gasteiger partial charge in [-0.1, -0.05) is 11.6 Å². The van der Waals surface area contributed by atoms with Crippen molar-refractivity contribution in [2.24, 2.45) is 0 Å². The van der Waals surface area contributed by atoms with Gasteiger partial charge in [0.15, 0.2) is 18.0 Å². The van der Waals surface area contributed by atoms with E-state index in [0.717, 1.165) is 0 Å². The number of fused-ring (bicyclic) bond motifs is 1. The van der Waals surface area contributed by atoms with Crippen molar-refractivity contribution in [1.29, 1.82) is 0 Å². The summed E-state index contributed by atoms with van der Waals surface area (Å²) in [5.74, 6) is -1.62. The van der Waals surface area contributed by atoms with E-state index in [1.165, 1.54) is 6.20 Å². The fourth-order valence-electron chi connectivity index (χ4n) is 2.91. The third-order valence-electron chi connectivity index (χ3n) is 4.13. The number of hydrogen-bond donors (Lipinski definition) is 6. The molecule has 1 aromatic heterocycles. The van der Waals surface area contributed by atoms with E-state index in [0.29, 0.717) is 9.99 Å². The normalized spacial score (nSPS) is 32.4. The molecule has 0 amide bonds. The Morgan fingerprint density at radius 1 is 1.32 bits per heavy atom. The van der Waals surface area contributed by atoms with Crippen LogP contribution in [0.5, 0.6) is 0 Å². The second kappa shape index (κ2) is 7.43. The summed E-state index contributed by atoms with van der Waals surface area (Å²) in [5.41, 5.74) is -2.15. The standard InChI is InChI=1S/C14H13BrClNO7.Na.H/c15-5-1-2-6-7(8(5)16)4(3-17-6)14(23)10(19)9(18)13(22)24-11(14)12(20)21;;/h1-3,9-11,13,17-19,22-23H,(H,20,21);;/t9-,10-,11-,13-,14+;;/m1../s1. The zero-order valence-corrected chi connectivity index (χ0v) is 14.2. The minimum atomic E-state index is -2.55. The molecule has 6 N–H and O–H groups in total. The van der Waals surface area contributed by atoms with Crippen LogP contribution in [0.2, 0.25) is 5.02 Å². The van der Waals surface area contributed by atoms with Crippen LogP contribution in [-0.2, 0) is 15.1 Å². The SMILES string of the molecule is O=C(O)[C@H]1O[C@@H](O)[C@H](O)[C@@H](O)[C@@]1(O)c1c[nH]c2ccc(Br)c(Cl)c12.[NaH]. The van der Waals surface area contributed by atoms with Crippen molar-refractivity contribution in [2.45, 2.75) is 30.2 Å². The number of H-pyrrole nitrogens is 1. The molecule has 11 heteroatoms. The van der Waals surface area contributed by atoms with Gasteiger partial charge in [-0.2, -0.15) is 0 Å². The predicted octanol–water partition coefficient (Wildman–Crippen LogP) is -0.353. The predicted molar refractivity (Wildman–Crippen MR) is 92.6 cm³/mol. The molecular formula is C14H14BrClNNaO7. The molecule has 0 saturated carbocycles. The fraction of sp³-hybridized carbons (Fsp3) is 0.357. The quantitative estimate of drug-likeness (QED) is 0.346. The maximum absolute atomic E-state index is 11.5. The topological polar surface area (TPSA) is 143 Å². The van der Waals surface area contributed by atoms with Crippen LogP contribution in [0.3, 0.4) is 0 Å². The molecule has 0 bridgehead atoms. The first kappa shape index (κ1) is 21.1. The molecule has 0 unspecified atom stereocenters. The van der Waals surface area contributed by atoms with E-state index in [-0.39, 0.29) is 45.5 Å². The van der Waals surface area contributed by atoms with Crippen LogP contribution in [0.1, 0.15) is 5.56 Å². The monoisotopic (exact) mass is 445 g/mol. The summed E-state index contributed by atoms with van der Waals surface area (Å²) in [6.45, 7) is 0. The molecule has 0 radical (unpaired) electrons. The van der Waals surface area contributed by atoms with E-state index in [1.807, 2.05) is 0 Å². The van der Waals surface area contributed by atoms with Gasteiger partial charge in [-0.15, -0.1) is 0 Å². The molecule has 5 atom stereocenters. The number of hydrogen-bond acceptors (Lipinski definition) is 6. The number of aliphatic hydroxyl groups is 4. The first-order valence-corrected chi connectivity index (χ1v) is 7.97. The molecular weight excluding hydrogens is 433 g/mol. The van der Waals surface area contributed by atoms with Gasteiger partial charge in [0.2, 0.25) is 0 Å². The van der Waals surface area contributed by atoms with Gasteiger partial charge >= 0.3 is 35.5 Å². The van der Waals surface area contributed by atoms with Crippen LogP contribution < -0.4 is 0 Å². The Kier molecular flexibility index (Phi) is 6.27. The number of halogens is 2. The summed E-state index contributed by atoms with van der Waals surface area (Å²) in [6, 6.07) is 3.28. The number of rotatable bonds is 2. The number of carbonyl (C=O) groups is 1. The summed E-state index contributed by atoms with van der Waals surface area (Å²) in [7, 11) is 0. The minimum absolute atomic E-state index is 0. The van der Waals surface area contributed by atoms with E-state index in [2.05, 4.69) is 20.9 Å². The fourth-order valence-corrected chi connectivity index (χ4v) is 3.51. The Morgan fingerprint density at radius 2 is 1.96 bits per heavy atom. The molecule has 25 heavy (non-hydrogen) atoms. The molecule has 1 aromatic carbocycles. The number of benzene rings is 1. The number of carboxylic acid groups (broad SMARTS) is 1. The number of nitrogens with one attached hydrogen (secondary N) is 1. The molecule has 1 aliphatic heterocycles. The molecule has 3 rings (SSSR count). The summed E-state index contributed by atoms with van der Waals surface area (Å²) in [4.78, 5) is 14.3. The van der Waals surface area contributed by atoms with Gasteiger partial charge in [0.25, 0.3) is 0 Å². The molecule has 2 heterocycles. The van der Waals surface area contributed by atoms with Gasteiger partial charge in [0.1, 0.15) is 12.2 Å². The van der Waals surface area contributed by atoms with Gasteiger partial charge in [0, 0.05) is 27.1 Å². The van der Waals surface area contributed by atoms with Crippen molar-refractivity contribution < 1.29 is 35.1 Å². The third kappa shape index (κ3) is 3.16. The van der Waals surface area contributed by atoms with Gasteiger partial charge in [0.05, 0.1) is 5.02 Å². The summed E-state index contributed by atoms with van der Waals surface area (Å²) < 4.78 is 5.30. The van der Waals surface area contributed by atoms with Crippen molar-refractivity contribution in [3.63, 3.8) is 0 Å². The third-order valence-corrected chi connectivity index (χ3v) is 5.42. The van der Waals surface area contributed by atoms with Crippen LogP contribution in [0, 0.1) is 0 Å². The van der Waals surface area contributed by atoms with Crippen molar-refractivity contribution in [3.05, 3.63) is 33.4 Å². The number of carboxylic acids is 1. The second-order valence-electron chi connectivity index (χ2n) is 5.49. The van der Waals surface area contributed by atoms with Gasteiger partial charge in [-0.05, 0) is 28.1 Å². The second-order valence-corrected chi connectivity index (χ2v) is 6.72. The number of aliphatic hydroxyl groups excluding tert-OH is 3. The zero-order chi connectivity index (χ0) is 17.8. The van der Waals surface area contributed by atoms with E-state index >= 15 is 0 Å².